The maximum absolute atomic E-state index is 11.2. The van der Waals surface area contributed by atoms with Gasteiger partial charge >= 0.3 is 5.97 Å². The van der Waals surface area contributed by atoms with Crippen LogP contribution in [0.2, 0.25) is 0 Å². The zero-order chi connectivity index (χ0) is 17.5. The topological polar surface area (TPSA) is 88.0 Å². The minimum atomic E-state index is -1.01. The predicted octanol–water partition coefficient (Wildman–Crippen LogP) is 5.29. The molecule has 3 N–H and O–H groups in total. The first-order valence-electron chi connectivity index (χ1n) is 8.22. The largest absolute Gasteiger partial charge is 0.478 e. The van der Waals surface area contributed by atoms with Gasteiger partial charge < -0.3 is 10.8 Å². The van der Waals surface area contributed by atoms with Gasteiger partial charge in [-0.25, -0.2) is 4.79 Å². The number of nitrogens with two attached hydrogens (primary N) is 1. The van der Waals surface area contributed by atoms with Crippen LogP contribution in [0, 0.1) is 0 Å². The second kappa shape index (κ2) is 8.24. The van der Waals surface area contributed by atoms with Crippen molar-refractivity contribution in [3.63, 3.8) is 0 Å². The van der Waals surface area contributed by atoms with Crippen molar-refractivity contribution in [3.8, 4) is 0 Å². The van der Waals surface area contributed by atoms with Crippen LogP contribution in [0.25, 0.3) is 0 Å². The lowest BCUT2D eigenvalue weighted by Crippen LogP contribution is -2.00. The van der Waals surface area contributed by atoms with Crippen molar-refractivity contribution in [1.29, 1.82) is 0 Å². The molecule has 24 heavy (non-hydrogen) atoms. The summed E-state index contributed by atoms with van der Waals surface area (Å²) >= 11 is 0. The Balaban J connectivity index is 2.40. The van der Waals surface area contributed by atoms with Gasteiger partial charge in [-0.2, -0.15) is 5.11 Å². The van der Waals surface area contributed by atoms with E-state index in [1.807, 2.05) is 12.1 Å². The minimum absolute atomic E-state index is 0.138. The summed E-state index contributed by atoms with van der Waals surface area (Å²) in [5.41, 5.74) is 10.4. The Hall–Kier alpha value is -2.69. The highest BCUT2D eigenvalue weighted by Gasteiger charge is 2.10. The van der Waals surface area contributed by atoms with E-state index in [-0.39, 0.29) is 5.56 Å². The summed E-state index contributed by atoms with van der Waals surface area (Å²) in [4.78, 5) is 11.2. The molecule has 0 aliphatic rings. The number of benzene rings is 2. The Kier molecular flexibility index (Phi) is 6.07. The molecule has 0 fully saturated rings. The van der Waals surface area contributed by atoms with Crippen molar-refractivity contribution < 1.29 is 9.90 Å². The van der Waals surface area contributed by atoms with Crippen molar-refractivity contribution in [2.75, 3.05) is 5.73 Å². The first-order valence-corrected chi connectivity index (χ1v) is 8.22. The molecule has 0 aromatic heterocycles. The Morgan fingerprint density at radius 1 is 1.04 bits per heavy atom. The fourth-order valence-electron chi connectivity index (χ4n) is 2.62. The Morgan fingerprint density at radius 3 is 2.17 bits per heavy atom. The second-order valence-corrected chi connectivity index (χ2v) is 5.70. The molecule has 126 valence electrons. The van der Waals surface area contributed by atoms with Crippen molar-refractivity contribution in [1.82, 2.24) is 0 Å². The fraction of sp³-hybridized carbons (Fsp3) is 0.316. The van der Waals surface area contributed by atoms with Crippen LogP contribution in [-0.2, 0) is 12.8 Å². The quantitative estimate of drug-likeness (QED) is 0.535. The number of carboxylic acids is 1. The molecule has 0 unspecified atom stereocenters. The number of hydrogen-bond acceptors (Lipinski definition) is 4. The van der Waals surface area contributed by atoms with Gasteiger partial charge in [0.15, 0.2) is 0 Å². The number of rotatable bonds is 7. The number of nitrogens with zero attached hydrogens (tertiary/aromatic N) is 2. The Labute approximate surface area is 142 Å². The van der Waals surface area contributed by atoms with E-state index in [1.54, 1.807) is 18.2 Å². The zero-order valence-electron chi connectivity index (χ0n) is 14.1. The molecule has 2 rings (SSSR count). The molecule has 0 heterocycles. The molecule has 0 amide bonds. The van der Waals surface area contributed by atoms with E-state index in [0.29, 0.717) is 11.4 Å². The van der Waals surface area contributed by atoms with Gasteiger partial charge in [0.05, 0.1) is 11.3 Å². The van der Waals surface area contributed by atoms with Crippen molar-refractivity contribution in [2.24, 2.45) is 10.2 Å². The molecule has 0 saturated heterocycles. The summed E-state index contributed by atoms with van der Waals surface area (Å²) in [7, 11) is 0. The monoisotopic (exact) mass is 325 g/mol. The summed E-state index contributed by atoms with van der Waals surface area (Å²) in [6, 6.07) is 10.4. The average molecular weight is 325 g/mol. The highest BCUT2D eigenvalue weighted by Crippen LogP contribution is 2.29. The molecule has 0 bridgehead atoms. The lowest BCUT2D eigenvalue weighted by molar-refractivity contribution is 0.0697. The van der Waals surface area contributed by atoms with Gasteiger partial charge in [0.25, 0.3) is 0 Å². The van der Waals surface area contributed by atoms with Gasteiger partial charge in [-0.3, -0.25) is 0 Å². The van der Waals surface area contributed by atoms with Crippen LogP contribution >= 0.6 is 0 Å². The van der Waals surface area contributed by atoms with Crippen molar-refractivity contribution >= 4 is 23.0 Å². The first-order chi connectivity index (χ1) is 11.6. The van der Waals surface area contributed by atoms with E-state index in [9.17, 15) is 9.90 Å². The molecular formula is C19H23N3O2. The molecule has 0 aliphatic carbocycles. The van der Waals surface area contributed by atoms with E-state index in [1.165, 1.54) is 6.07 Å². The van der Waals surface area contributed by atoms with Gasteiger partial charge in [0, 0.05) is 5.69 Å². The summed E-state index contributed by atoms with van der Waals surface area (Å²) in [5.74, 6) is -1.01. The SMILES string of the molecule is CCCc1cc(N=Nc2ccccc2C(=O)O)cc(CCC)c1N. The van der Waals surface area contributed by atoms with Gasteiger partial charge in [0.1, 0.15) is 5.69 Å². The van der Waals surface area contributed by atoms with Gasteiger partial charge in [0.2, 0.25) is 0 Å². The molecule has 0 atom stereocenters. The zero-order valence-corrected chi connectivity index (χ0v) is 14.1. The number of anilines is 1. The molecule has 2 aromatic rings. The van der Waals surface area contributed by atoms with Gasteiger partial charge in [-0.1, -0.05) is 38.8 Å². The van der Waals surface area contributed by atoms with Crippen molar-refractivity contribution in [2.45, 2.75) is 39.5 Å². The third-order valence-electron chi connectivity index (χ3n) is 3.78. The highest BCUT2D eigenvalue weighted by molar-refractivity contribution is 5.93. The van der Waals surface area contributed by atoms with E-state index in [4.69, 9.17) is 5.73 Å². The third kappa shape index (κ3) is 4.19. The molecule has 0 aliphatic heterocycles. The van der Waals surface area contributed by atoms with Gasteiger partial charge in [-0.05, 0) is 48.2 Å². The number of aromatic carboxylic acids is 1. The second-order valence-electron chi connectivity index (χ2n) is 5.70. The summed E-state index contributed by atoms with van der Waals surface area (Å²) in [5, 5.41) is 17.6. The number of hydrogen-bond donors (Lipinski definition) is 2. The number of carboxylic acid groups (broad SMARTS) is 1. The van der Waals surface area contributed by atoms with Gasteiger partial charge in [-0.15, -0.1) is 5.11 Å². The third-order valence-corrected chi connectivity index (χ3v) is 3.78. The van der Waals surface area contributed by atoms with E-state index in [2.05, 4.69) is 24.1 Å². The number of azo groups is 1. The molecule has 5 heteroatoms. The standard InChI is InChI=1S/C19H23N3O2/c1-3-7-13-11-15(12-14(8-4-2)18(13)20)21-22-17-10-6-5-9-16(17)19(23)24/h5-6,9-12H,3-4,7-8,20H2,1-2H3,(H,23,24). The summed E-state index contributed by atoms with van der Waals surface area (Å²) in [6.45, 7) is 4.21. The van der Waals surface area contributed by atoms with Crippen molar-refractivity contribution in [3.05, 3.63) is 53.1 Å². The highest BCUT2D eigenvalue weighted by atomic mass is 16.4. The van der Waals surface area contributed by atoms with E-state index < -0.39 is 5.97 Å². The number of carbonyl (C=O) groups is 1. The molecule has 0 radical (unpaired) electrons. The fourth-order valence-corrected chi connectivity index (χ4v) is 2.62. The number of nitrogen functional groups attached to an aromatic ring is 1. The van der Waals surface area contributed by atoms with Crippen LogP contribution in [-0.4, -0.2) is 11.1 Å². The lowest BCUT2D eigenvalue weighted by atomic mass is 9.99. The normalized spacial score (nSPS) is 11.1. The molecule has 0 spiro atoms. The first kappa shape index (κ1) is 17.7. The summed E-state index contributed by atoms with van der Waals surface area (Å²) in [6.07, 6.45) is 3.77. The predicted molar refractivity (Wildman–Crippen MR) is 96.4 cm³/mol. The van der Waals surface area contributed by atoms with Crippen LogP contribution in [0.4, 0.5) is 17.1 Å². The lowest BCUT2D eigenvalue weighted by Gasteiger charge is -2.11. The Bertz CT molecular complexity index is 727. The van der Waals surface area contributed by atoms with E-state index in [0.717, 1.165) is 42.5 Å². The molecular weight excluding hydrogens is 302 g/mol. The number of aryl methyl sites for hydroxylation is 2. The molecule has 2 aromatic carbocycles. The average Bonchev–Trinajstić information content (AvgIpc) is 2.57. The smallest absolute Gasteiger partial charge is 0.337 e. The minimum Gasteiger partial charge on any atom is -0.478 e. The van der Waals surface area contributed by atoms with E-state index >= 15 is 0 Å². The Morgan fingerprint density at radius 2 is 1.62 bits per heavy atom. The van der Waals surface area contributed by atoms with Crippen LogP contribution in [0.3, 0.4) is 0 Å². The maximum Gasteiger partial charge on any atom is 0.337 e. The molecule has 0 saturated carbocycles. The van der Waals surface area contributed by atoms with Crippen LogP contribution in [0.1, 0.15) is 48.2 Å². The van der Waals surface area contributed by atoms with Crippen LogP contribution in [0.15, 0.2) is 46.6 Å². The molecule has 5 nitrogen and oxygen atoms in total. The maximum atomic E-state index is 11.2. The van der Waals surface area contributed by atoms with Crippen LogP contribution in [0.5, 0.6) is 0 Å². The summed E-state index contributed by atoms with van der Waals surface area (Å²) < 4.78 is 0. The van der Waals surface area contributed by atoms with Crippen LogP contribution < -0.4 is 5.73 Å².